The predicted molar refractivity (Wildman–Crippen MR) is 54.0 cm³/mol. The topological polar surface area (TPSA) is 38.9 Å². The molecule has 1 aromatic heterocycles. The summed E-state index contributed by atoms with van der Waals surface area (Å²) in [4.78, 5) is 4.41. The van der Waals surface area contributed by atoms with Crippen molar-refractivity contribution in [2.24, 2.45) is 11.7 Å². The minimum atomic E-state index is 0.125. The van der Waals surface area contributed by atoms with Crippen molar-refractivity contribution in [1.29, 1.82) is 0 Å². The maximum Gasteiger partial charge on any atom is 0.0627 e. The number of nitrogens with two attached hydrogens (primary N) is 1. The van der Waals surface area contributed by atoms with Gasteiger partial charge < -0.3 is 5.73 Å². The highest BCUT2D eigenvalue weighted by atomic mass is 14.8. The average molecular weight is 174 g/mol. The molecule has 0 radical (unpaired) electrons. The minimum Gasteiger partial charge on any atom is -0.322 e. The number of rotatable bonds is 3. The van der Waals surface area contributed by atoms with Gasteiger partial charge in [-0.05, 0) is 37.0 Å². The van der Waals surface area contributed by atoms with Crippen LogP contribution in [0.25, 0.3) is 6.08 Å². The van der Waals surface area contributed by atoms with E-state index in [1.165, 1.54) is 12.8 Å². The van der Waals surface area contributed by atoms with E-state index in [2.05, 4.69) is 11.6 Å². The number of aromatic nitrogens is 1. The third-order valence-electron chi connectivity index (χ3n) is 2.47. The highest BCUT2D eigenvalue weighted by Crippen LogP contribution is 2.38. The maximum atomic E-state index is 6.03. The predicted octanol–water partition coefficient (Wildman–Crippen LogP) is 2.13. The summed E-state index contributed by atoms with van der Waals surface area (Å²) in [6.07, 6.45) is 4.26. The maximum absolute atomic E-state index is 6.03. The highest BCUT2D eigenvalue weighted by Gasteiger charge is 2.30. The molecule has 2 heteroatoms. The van der Waals surface area contributed by atoms with E-state index in [0.717, 1.165) is 11.4 Å². The zero-order chi connectivity index (χ0) is 9.26. The van der Waals surface area contributed by atoms with Gasteiger partial charge in [-0.25, -0.2) is 0 Å². The summed E-state index contributed by atoms with van der Waals surface area (Å²) in [5, 5.41) is 0. The van der Waals surface area contributed by atoms with Crippen LogP contribution in [0.3, 0.4) is 0 Å². The summed E-state index contributed by atoms with van der Waals surface area (Å²) in [6.45, 7) is 3.69. The fraction of sp³-hybridized carbons (Fsp3) is 0.364. The Morgan fingerprint density at radius 3 is 2.92 bits per heavy atom. The normalized spacial score (nSPS) is 18.2. The Kier molecular flexibility index (Phi) is 2.15. The van der Waals surface area contributed by atoms with E-state index in [4.69, 9.17) is 5.73 Å². The lowest BCUT2D eigenvalue weighted by Crippen LogP contribution is -2.14. The van der Waals surface area contributed by atoms with Crippen molar-refractivity contribution in [3.63, 3.8) is 0 Å². The SMILES string of the molecule is C=Cc1cccc(C(N)C2CC2)n1. The Hall–Kier alpha value is -1.15. The second kappa shape index (κ2) is 3.30. The van der Waals surface area contributed by atoms with E-state index in [1.54, 1.807) is 6.08 Å². The fourth-order valence-corrected chi connectivity index (χ4v) is 1.47. The van der Waals surface area contributed by atoms with Crippen LogP contribution < -0.4 is 5.73 Å². The first-order valence-electron chi connectivity index (χ1n) is 4.66. The summed E-state index contributed by atoms with van der Waals surface area (Å²) in [5.74, 6) is 0.660. The molecule has 0 saturated heterocycles. The van der Waals surface area contributed by atoms with Gasteiger partial charge in [0.2, 0.25) is 0 Å². The van der Waals surface area contributed by atoms with Gasteiger partial charge in [0.25, 0.3) is 0 Å². The molecule has 0 spiro atoms. The molecule has 2 nitrogen and oxygen atoms in total. The molecule has 1 aromatic rings. The second-order valence-electron chi connectivity index (χ2n) is 3.55. The smallest absolute Gasteiger partial charge is 0.0627 e. The first-order chi connectivity index (χ1) is 6.31. The van der Waals surface area contributed by atoms with Gasteiger partial charge in [-0.1, -0.05) is 12.6 Å². The Bertz CT molecular complexity index is 316. The van der Waals surface area contributed by atoms with Crippen molar-refractivity contribution in [2.45, 2.75) is 18.9 Å². The van der Waals surface area contributed by atoms with Gasteiger partial charge >= 0.3 is 0 Å². The lowest BCUT2D eigenvalue weighted by molar-refractivity contribution is 0.614. The van der Waals surface area contributed by atoms with Gasteiger partial charge in [-0.3, -0.25) is 4.98 Å². The first kappa shape index (κ1) is 8.45. The molecule has 2 N–H and O–H groups in total. The number of nitrogens with zero attached hydrogens (tertiary/aromatic N) is 1. The zero-order valence-corrected chi connectivity index (χ0v) is 7.61. The lowest BCUT2D eigenvalue weighted by Gasteiger charge is -2.09. The van der Waals surface area contributed by atoms with Gasteiger partial charge in [0.1, 0.15) is 0 Å². The summed E-state index contributed by atoms with van der Waals surface area (Å²) >= 11 is 0. The Morgan fingerprint density at radius 2 is 2.31 bits per heavy atom. The largest absolute Gasteiger partial charge is 0.322 e. The quantitative estimate of drug-likeness (QED) is 0.762. The number of hydrogen-bond donors (Lipinski definition) is 1. The molecule has 0 aliphatic heterocycles. The van der Waals surface area contributed by atoms with Gasteiger partial charge in [0.05, 0.1) is 11.4 Å². The van der Waals surface area contributed by atoms with Crippen LogP contribution in [0.5, 0.6) is 0 Å². The van der Waals surface area contributed by atoms with E-state index >= 15 is 0 Å². The van der Waals surface area contributed by atoms with Crippen LogP contribution in [-0.4, -0.2) is 4.98 Å². The van der Waals surface area contributed by atoms with Crippen LogP contribution in [0.15, 0.2) is 24.8 Å². The van der Waals surface area contributed by atoms with Gasteiger partial charge in [0, 0.05) is 6.04 Å². The Morgan fingerprint density at radius 1 is 1.54 bits per heavy atom. The van der Waals surface area contributed by atoms with Gasteiger partial charge in [-0.15, -0.1) is 0 Å². The lowest BCUT2D eigenvalue weighted by atomic mass is 10.1. The average Bonchev–Trinajstić information content (AvgIpc) is 3.00. The van der Waals surface area contributed by atoms with Crippen molar-refractivity contribution in [1.82, 2.24) is 4.98 Å². The highest BCUT2D eigenvalue weighted by molar-refractivity contribution is 5.41. The molecule has 1 fully saturated rings. The van der Waals surface area contributed by atoms with Crippen LogP contribution in [0.4, 0.5) is 0 Å². The first-order valence-corrected chi connectivity index (χ1v) is 4.66. The number of pyridine rings is 1. The molecule has 1 aliphatic rings. The summed E-state index contributed by atoms with van der Waals surface area (Å²) < 4.78 is 0. The van der Waals surface area contributed by atoms with E-state index in [-0.39, 0.29) is 6.04 Å². The van der Waals surface area contributed by atoms with Crippen LogP contribution in [0.2, 0.25) is 0 Å². The Balaban J connectivity index is 2.22. The molecule has 0 aromatic carbocycles. The van der Waals surface area contributed by atoms with Crippen molar-refractivity contribution >= 4 is 6.08 Å². The molecular formula is C11H14N2. The zero-order valence-electron chi connectivity index (χ0n) is 7.61. The molecule has 13 heavy (non-hydrogen) atoms. The molecule has 1 saturated carbocycles. The van der Waals surface area contributed by atoms with E-state index < -0.39 is 0 Å². The number of hydrogen-bond acceptors (Lipinski definition) is 2. The molecular weight excluding hydrogens is 160 g/mol. The van der Waals surface area contributed by atoms with Gasteiger partial charge in [0.15, 0.2) is 0 Å². The standard InChI is InChI=1S/C11H14N2/c1-2-9-4-3-5-10(13-9)11(12)8-6-7-8/h2-5,8,11H,1,6-7,12H2. The minimum absolute atomic E-state index is 0.125. The van der Waals surface area contributed by atoms with Crippen molar-refractivity contribution in [2.75, 3.05) is 0 Å². The summed E-state index contributed by atoms with van der Waals surface area (Å²) in [7, 11) is 0. The molecule has 68 valence electrons. The van der Waals surface area contributed by atoms with E-state index in [9.17, 15) is 0 Å². The second-order valence-corrected chi connectivity index (χ2v) is 3.55. The molecule has 0 bridgehead atoms. The molecule has 1 atom stereocenters. The van der Waals surface area contributed by atoms with E-state index in [1.807, 2.05) is 18.2 Å². The van der Waals surface area contributed by atoms with Crippen molar-refractivity contribution in [3.05, 3.63) is 36.2 Å². The van der Waals surface area contributed by atoms with Gasteiger partial charge in [-0.2, -0.15) is 0 Å². The molecule has 1 unspecified atom stereocenters. The van der Waals surface area contributed by atoms with Crippen LogP contribution in [0.1, 0.15) is 30.3 Å². The summed E-state index contributed by atoms with van der Waals surface area (Å²) in [6, 6.07) is 6.05. The van der Waals surface area contributed by atoms with Crippen LogP contribution in [0, 0.1) is 5.92 Å². The molecule has 1 aliphatic carbocycles. The van der Waals surface area contributed by atoms with Crippen molar-refractivity contribution < 1.29 is 0 Å². The third-order valence-corrected chi connectivity index (χ3v) is 2.47. The van der Waals surface area contributed by atoms with Crippen molar-refractivity contribution in [3.8, 4) is 0 Å². The van der Waals surface area contributed by atoms with Crippen LogP contribution >= 0.6 is 0 Å². The molecule has 1 heterocycles. The van der Waals surface area contributed by atoms with E-state index in [0.29, 0.717) is 5.92 Å². The monoisotopic (exact) mass is 174 g/mol. The summed E-state index contributed by atoms with van der Waals surface area (Å²) in [5.41, 5.74) is 7.94. The third kappa shape index (κ3) is 1.78. The Labute approximate surface area is 78.5 Å². The van der Waals surface area contributed by atoms with Crippen LogP contribution in [-0.2, 0) is 0 Å². The molecule has 2 rings (SSSR count). The fourth-order valence-electron chi connectivity index (χ4n) is 1.47. The molecule has 0 amide bonds.